The van der Waals surface area contributed by atoms with E-state index in [1.807, 2.05) is 36.4 Å². The summed E-state index contributed by atoms with van der Waals surface area (Å²) in [6.45, 7) is 3.74. The molecule has 0 saturated carbocycles. The fourth-order valence-electron chi connectivity index (χ4n) is 4.91. The van der Waals surface area contributed by atoms with Gasteiger partial charge in [0.05, 0.1) is 0 Å². The van der Waals surface area contributed by atoms with Gasteiger partial charge in [-0.15, -0.1) is 0 Å². The van der Waals surface area contributed by atoms with Crippen molar-refractivity contribution in [2.45, 2.75) is 32.5 Å². The van der Waals surface area contributed by atoms with Crippen LogP contribution in [0.2, 0.25) is 5.02 Å². The Morgan fingerprint density at radius 3 is 2.43 bits per heavy atom. The van der Waals surface area contributed by atoms with E-state index in [2.05, 4.69) is 45.1 Å². The van der Waals surface area contributed by atoms with Crippen molar-refractivity contribution in [3.05, 3.63) is 107 Å². The topological polar surface area (TPSA) is 37.3 Å². The number of carbonyl (C=O) groups excluding carboxylic acids is 1. The van der Waals surface area contributed by atoms with E-state index < -0.39 is 0 Å². The molecular weight excluding hydrogens is 461 g/mol. The summed E-state index contributed by atoms with van der Waals surface area (Å²) < 4.78 is 15.7. The summed E-state index contributed by atoms with van der Waals surface area (Å²) in [6.07, 6.45) is 1.68. The van der Waals surface area contributed by atoms with Gasteiger partial charge in [0.15, 0.2) is 0 Å². The van der Waals surface area contributed by atoms with Gasteiger partial charge in [0, 0.05) is 41.8 Å². The number of nitrogens with one attached hydrogen (secondary N) is 1. The Morgan fingerprint density at radius 1 is 0.943 bits per heavy atom. The predicted octanol–water partition coefficient (Wildman–Crippen LogP) is 6.01. The normalized spacial score (nSPS) is 14.9. The number of hydrogen-bond acceptors (Lipinski definition) is 2. The summed E-state index contributed by atoms with van der Waals surface area (Å²) >= 11 is 6.21. The van der Waals surface area contributed by atoms with Crippen molar-refractivity contribution < 1.29 is 9.18 Å². The zero-order valence-electron chi connectivity index (χ0n) is 19.6. The molecule has 1 saturated heterocycles. The number of carbonyl (C=O) groups is 1. The highest BCUT2D eigenvalue weighted by atomic mass is 35.5. The minimum absolute atomic E-state index is 0.0267. The number of piperidine rings is 1. The van der Waals surface area contributed by atoms with Gasteiger partial charge in [-0.2, -0.15) is 0 Å². The molecule has 0 bridgehead atoms. The molecule has 1 aromatic heterocycles. The molecular formula is C29H29ClFN3O. The molecule has 0 unspecified atom stereocenters. The molecule has 1 N–H and O–H groups in total. The maximum atomic E-state index is 13.4. The summed E-state index contributed by atoms with van der Waals surface area (Å²) in [7, 11) is 0. The number of amides is 1. The van der Waals surface area contributed by atoms with Crippen molar-refractivity contribution >= 4 is 28.4 Å². The second-order valence-corrected chi connectivity index (χ2v) is 9.67. The number of aromatic nitrogens is 1. The van der Waals surface area contributed by atoms with Crippen LogP contribution in [0.1, 0.15) is 29.7 Å². The number of likely N-dealkylation sites (tertiary alicyclic amines) is 1. The lowest BCUT2D eigenvalue weighted by Gasteiger charge is -2.31. The highest BCUT2D eigenvalue weighted by Gasteiger charge is 2.25. The van der Waals surface area contributed by atoms with Crippen LogP contribution in [0.5, 0.6) is 0 Å². The smallest absolute Gasteiger partial charge is 0.223 e. The van der Waals surface area contributed by atoms with Crippen molar-refractivity contribution in [2.24, 2.45) is 5.92 Å². The quantitative estimate of drug-likeness (QED) is 0.345. The minimum atomic E-state index is -0.217. The SMILES string of the molecule is O=C(NCc1ccccc1Cl)C1CCN(Cc2cc3ccccc3n2Cc2ccc(F)cc2)CC1. The highest BCUT2D eigenvalue weighted by molar-refractivity contribution is 6.31. The first-order chi connectivity index (χ1) is 17.1. The first-order valence-corrected chi connectivity index (χ1v) is 12.5. The lowest BCUT2D eigenvalue weighted by Crippen LogP contribution is -2.40. The molecule has 1 amide bonds. The Hall–Kier alpha value is -3.15. The molecule has 1 fully saturated rings. The number of nitrogens with zero attached hydrogens (tertiary/aromatic N) is 2. The Balaban J connectivity index is 1.22. The van der Waals surface area contributed by atoms with E-state index in [0.717, 1.165) is 43.6 Å². The molecule has 180 valence electrons. The van der Waals surface area contributed by atoms with E-state index in [9.17, 15) is 9.18 Å². The second-order valence-electron chi connectivity index (χ2n) is 9.27. The van der Waals surface area contributed by atoms with Crippen LogP contribution in [-0.4, -0.2) is 28.5 Å². The van der Waals surface area contributed by atoms with Crippen LogP contribution < -0.4 is 5.32 Å². The average Bonchev–Trinajstić information content (AvgIpc) is 3.22. The number of rotatable bonds is 7. The fourth-order valence-corrected chi connectivity index (χ4v) is 5.11. The fraction of sp³-hybridized carbons (Fsp3) is 0.276. The van der Waals surface area contributed by atoms with Crippen LogP contribution in [0.25, 0.3) is 10.9 Å². The van der Waals surface area contributed by atoms with Crippen LogP contribution in [0.3, 0.4) is 0 Å². The lowest BCUT2D eigenvalue weighted by atomic mass is 9.95. The van der Waals surface area contributed by atoms with Crippen LogP contribution in [0.4, 0.5) is 4.39 Å². The van der Waals surface area contributed by atoms with Gasteiger partial charge >= 0.3 is 0 Å². The summed E-state index contributed by atoms with van der Waals surface area (Å²) in [5, 5.41) is 4.95. The third-order valence-electron chi connectivity index (χ3n) is 6.91. The van der Waals surface area contributed by atoms with Crippen LogP contribution in [-0.2, 0) is 24.4 Å². The van der Waals surface area contributed by atoms with Gasteiger partial charge in [-0.25, -0.2) is 4.39 Å². The number of benzene rings is 3. The van der Waals surface area contributed by atoms with Crippen LogP contribution >= 0.6 is 11.6 Å². The van der Waals surface area contributed by atoms with Gasteiger partial charge in [-0.3, -0.25) is 9.69 Å². The molecule has 4 aromatic rings. The zero-order chi connectivity index (χ0) is 24.2. The molecule has 2 heterocycles. The number of para-hydroxylation sites is 1. The molecule has 35 heavy (non-hydrogen) atoms. The van der Waals surface area contributed by atoms with Crippen molar-refractivity contribution in [1.82, 2.24) is 14.8 Å². The summed E-state index contributed by atoms with van der Waals surface area (Å²) in [5.41, 5.74) is 4.43. The minimum Gasteiger partial charge on any atom is -0.352 e. The molecule has 4 nitrogen and oxygen atoms in total. The first kappa shape index (κ1) is 23.6. The highest BCUT2D eigenvalue weighted by Crippen LogP contribution is 2.25. The molecule has 1 aliphatic rings. The van der Waals surface area contributed by atoms with E-state index in [4.69, 9.17) is 11.6 Å². The standard InChI is InChI=1S/C29H29ClFN3O/c30-27-7-3-1-6-24(27)18-32-29(35)22-13-15-33(16-14-22)20-26-17-23-5-2-4-8-28(23)34(26)19-21-9-11-25(31)12-10-21/h1-12,17,22H,13-16,18-20H2,(H,32,35). The molecule has 5 rings (SSSR count). The van der Waals surface area contributed by atoms with E-state index in [1.165, 1.54) is 28.7 Å². The molecule has 0 aliphatic carbocycles. The van der Waals surface area contributed by atoms with Gasteiger partial charge in [0.2, 0.25) is 5.91 Å². The number of halogens is 2. The van der Waals surface area contributed by atoms with Gasteiger partial charge < -0.3 is 9.88 Å². The molecule has 1 aliphatic heterocycles. The molecule has 0 radical (unpaired) electrons. The van der Waals surface area contributed by atoms with Gasteiger partial charge in [0.1, 0.15) is 5.82 Å². The lowest BCUT2D eigenvalue weighted by molar-refractivity contribution is -0.126. The predicted molar refractivity (Wildman–Crippen MR) is 139 cm³/mol. The number of hydrogen-bond donors (Lipinski definition) is 1. The summed E-state index contributed by atoms with van der Waals surface area (Å²) in [4.78, 5) is 15.2. The molecule has 0 atom stereocenters. The van der Waals surface area contributed by atoms with Crippen LogP contribution in [0.15, 0.2) is 78.9 Å². The summed E-state index contributed by atoms with van der Waals surface area (Å²) in [6, 6.07) is 25.0. The molecule has 3 aromatic carbocycles. The largest absolute Gasteiger partial charge is 0.352 e. The van der Waals surface area contributed by atoms with Crippen molar-refractivity contribution in [2.75, 3.05) is 13.1 Å². The van der Waals surface area contributed by atoms with Gasteiger partial charge in [0.25, 0.3) is 0 Å². The Bertz CT molecular complexity index is 1310. The van der Waals surface area contributed by atoms with E-state index in [1.54, 1.807) is 0 Å². The van der Waals surface area contributed by atoms with E-state index in [-0.39, 0.29) is 17.6 Å². The van der Waals surface area contributed by atoms with Crippen LogP contribution in [0, 0.1) is 11.7 Å². The third kappa shape index (κ3) is 5.58. The Labute approximate surface area is 210 Å². The molecule has 6 heteroatoms. The maximum absolute atomic E-state index is 13.4. The van der Waals surface area contributed by atoms with E-state index in [0.29, 0.717) is 18.1 Å². The third-order valence-corrected chi connectivity index (χ3v) is 7.27. The Kier molecular flexibility index (Phi) is 7.16. The van der Waals surface area contributed by atoms with Gasteiger partial charge in [-0.05, 0) is 72.8 Å². The average molecular weight is 490 g/mol. The first-order valence-electron chi connectivity index (χ1n) is 12.1. The monoisotopic (exact) mass is 489 g/mol. The number of fused-ring (bicyclic) bond motifs is 1. The maximum Gasteiger partial charge on any atom is 0.223 e. The van der Waals surface area contributed by atoms with Crippen molar-refractivity contribution in [3.63, 3.8) is 0 Å². The summed E-state index contributed by atoms with van der Waals surface area (Å²) in [5.74, 6) is -0.0843. The van der Waals surface area contributed by atoms with Gasteiger partial charge in [-0.1, -0.05) is 60.1 Å². The second kappa shape index (κ2) is 10.6. The Morgan fingerprint density at radius 2 is 1.66 bits per heavy atom. The van der Waals surface area contributed by atoms with Crippen molar-refractivity contribution in [1.29, 1.82) is 0 Å². The zero-order valence-corrected chi connectivity index (χ0v) is 20.3. The molecule has 0 spiro atoms. The van der Waals surface area contributed by atoms with E-state index >= 15 is 0 Å². The van der Waals surface area contributed by atoms with Crippen molar-refractivity contribution in [3.8, 4) is 0 Å².